The lowest BCUT2D eigenvalue weighted by molar-refractivity contribution is -0.889. The molecule has 0 aliphatic rings. The summed E-state index contributed by atoms with van der Waals surface area (Å²) in [6.07, 6.45) is 30.6. The number of allylic oxidation sites excluding steroid dienone is 4. The average Bonchev–Trinajstić information content (AvgIpc) is 3.01. The fourth-order valence-electron chi connectivity index (χ4n) is 5.30. The zero-order chi connectivity index (χ0) is 35.0. The molecule has 0 radical (unpaired) electrons. The van der Waals surface area contributed by atoms with Crippen LogP contribution in [0.15, 0.2) is 24.3 Å². The third-order valence-corrected chi connectivity index (χ3v) is 8.29. The summed E-state index contributed by atoms with van der Waals surface area (Å²) in [6.45, 7) is 4.55. The molecule has 0 aromatic rings. The van der Waals surface area contributed by atoms with Crippen LogP contribution in [0.2, 0.25) is 0 Å². The summed E-state index contributed by atoms with van der Waals surface area (Å²) in [6, 6.07) is -0.724. The van der Waals surface area contributed by atoms with Crippen LogP contribution in [-0.2, 0) is 28.6 Å². The number of ether oxygens (including phenoxy) is 3. The van der Waals surface area contributed by atoms with Gasteiger partial charge in [0, 0.05) is 19.3 Å². The molecule has 2 atom stereocenters. The molecular formula is C39H71NO7. The molecule has 0 saturated carbocycles. The van der Waals surface area contributed by atoms with Crippen molar-refractivity contribution in [3.63, 3.8) is 0 Å². The zero-order valence-electron chi connectivity index (χ0n) is 30.9. The van der Waals surface area contributed by atoms with E-state index in [4.69, 9.17) is 14.2 Å². The number of aliphatic carboxylic acids is 1. The Morgan fingerprint density at radius 3 is 1.62 bits per heavy atom. The van der Waals surface area contributed by atoms with Gasteiger partial charge in [0.2, 0.25) is 0 Å². The van der Waals surface area contributed by atoms with E-state index in [9.17, 15) is 19.5 Å². The first-order valence-corrected chi connectivity index (χ1v) is 18.9. The molecule has 0 aliphatic carbocycles. The molecule has 2 unspecified atom stereocenters. The van der Waals surface area contributed by atoms with Crippen molar-refractivity contribution < 1.29 is 38.2 Å². The minimum Gasteiger partial charge on any atom is -0.544 e. The number of rotatable bonds is 33. The van der Waals surface area contributed by atoms with Crippen molar-refractivity contribution in [2.24, 2.45) is 0 Å². The molecule has 0 heterocycles. The maximum atomic E-state index is 12.6. The highest BCUT2D eigenvalue weighted by atomic mass is 16.6. The fourth-order valence-corrected chi connectivity index (χ4v) is 5.30. The standard InChI is InChI=1S/C39H71NO7/c1-6-8-10-12-14-16-18-19-20-22-24-26-28-30-38(42)47-35(33-45-32-31-36(39(43)44)40(3,4)5)34-46-37(41)29-27-25-23-21-17-15-13-11-9-7-2/h11,13,16,18,35-36H,6-10,12,14-15,17,19-34H2,1-5H3/b13-11-,18-16-. The van der Waals surface area contributed by atoms with Crippen LogP contribution in [0, 0.1) is 0 Å². The zero-order valence-corrected chi connectivity index (χ0v) is 30.9. The van der Waals surface area contributed by atoms with E-state index >= 15 is 0 Å². The summed E-state index contributed by atoms with van der Waals surface area (Å²) in [7, 11) is 5.39. The smallest absolute Gasteiger partial charge is 0.306 e. The normalized spacial score (nSPS) is 13.3. The van der Waals surface area contributed by atoms with Crippen molar-refractivity contribution in [1.82, 2.24) is 0 Å². The maximum Gasteiger partial charge on any atom is 0.306 e. The minimum absolute atomic E-state index is 0.0365. The van der Waals surface area contributed by atoms with Crippen molar-refractivity contribution in [2.45, 2.75) is 167 Å². The highest BCUT2D eigenvalue weighted by Gasteiger charge is 2.25. The molecule has 274 valence electrons. The van der Waals surface area contributed by atoms with Crippen molar-refractivity contribution in [3.05, 3.63) is 24.3 Å². The third-order valence-electron chi connectivity index (χ3n) is 8.29. The Balaban J connectivity index is 4.45. The molecular weight excluding hydrogens is 594 g/mol. The molecule has 0 aliphatic heterocycles. The molecule has 0 saturated heterocycles. The second-order valence-corrected chi connectivity index (χ2v) is 13.8. The van der Waals surface area contributed by atoms with Crippen LogP contribution >= 0.6 is 0 Å². The predicted octanol–water partition coefficient (Wildman–Crippen LogP) is 8.02. The molecule has 0 bridgehead atoms. The number of likely N-dealkylation sites (N-methyl/N-ethyl adjacent to an activating group) is 1. The van der Waals surface area contributed by atoms with Gasteiger partial charge in [-0.25, -0.2) is 0 Å². The average molecular weight is 666 g/mol. The number of carbonyl (C=O) groups is 3. The van der Waals surface area contributed by atoms with Crippen molar-refractivity contribution in [1.29, 1.82) is 0 Å². The van der Waals surface area contributed by atoms with E-state index in [1.54, 1.807) is 21.1 Å². The van der Waals surface area contributed by atoms with E-state index in [2.05, 4.69) is 38.2 Å². The van der Waals surface area contributed by atoms with Gasteiger partial charge in [0.15, 0.2) is 6.10 Å². The SMILES string of the molecule is CCC/C=C\CCCCCCCC(=O)OCC(COCCC(C(=O)[O-])[N+](C)(C)C)OC(=O)CCCCCCC/C=C\CCCCCC. The van der Waals surface area contributed by atoms with Crippen LogP contribution in [0.1, 0.15) is 155 Å². The van der Waals surface area contributed by atoms with Gasteiger partial charge in [-0.15, -0.1) is 0 Å². The van der Waals surface area contributed by atoms with Gasteiger partial charge in [-0.3, -0.25) is 9.59 Å². The highest BCUT2D eigenvalue weighted by molar-refractivity contribution is 5.70. The number of quaternary nitrogens is 1. The Morgan fingerprint density at radius 2 is 1.11 bits per heavy atom. The lowest BCUT2D eigenvalue weighted by Gasteiger charge is -2.34. The van der Waals surface area contributed by atoms with E-state index in [-0.39, 0.29) is 42.7 Å². The van der Waals surface area contributed by atoms with E-state index in [1.165, 1.54) is 51.4 Å². The Morgan fingerprint density at radius 1 is 0.617 bits per heavy atom. The Bertz CT molecular complexity index is 834. The van der Waals surface area contributed by atoms with Gasteiger partial charge < -0.3 is 28.6 Å². The summed E-state index contributed by atoms with van der Waals surface area (Å²) in [5, 5.41) is 11.6. The molecule has 0 amide bonds. The van der Waals surface area contributed by atoms with E-state index in [0.717, 1.165) is 70.6 Å². The molecule has 0 spiro atoms. The Labute approximate surface area is 288 Å². The molecule has 47 heavy (non-hydrogen) atoms. The quantitative estimate of drug-likeness (QED) is 0.0303. The first-order valence-electron chi connectivity index (χ1n) is 18.9. The molecule has 0 rings (SSSR count). The monoisotopic (exact) mass is 666 g/mol. The molecule has 0 aromatic heterocycles. The lowest BCUT2D eigenvalue weighted by atomic mass is 10.1. The number of nitrogens with zero attached hydrogens (tertiary/aromatic N) is 1. The second kappa shape index (κ2) is 31.1. The molecule has 8 nitrogen and oxygen atoms in total. The summed E-state index contributed by atoms with van der Waals surface area (Å²) >= 11 is 0. The number of unbranched alkanes of at least 4 members (excludes halogenated alkanes) is 15. The Hall–Kier alpha value is -2.19. The van der Waals surface area contributed by atoms with Gasteiger partial charge in [-0.05, 0) is 57.8 Å². The van der Waals surface area contributed by atoms with Crippen molar-refractivity contribution in [2.75, 3.05) is 41.0 Å². The first kappa shape index (κ1) is 44.8. The number of carboxylic acid groups (broad SMARTS) is 1. The van der Waals surface area contributed by atoms with Crippen LogP contribution in [-0.4, -0.2) is 75.5 Å². The van der Waals surface area contributed by atoms with Gasteiger partial charge in [0.1, 0.15) is 12.6 Å². The first-order chi connectivity index (χ1) is 22.6. The number of carboxylic acids is 1. The number of hydrogen-bond donors (Lipinski definition) is 0. The summed E-state index contributed by atoms with van der Waals surface area (Å²) in [4.78, 5) is 36.6. The number of hydrogen-bond acceptors (Lipinski definition) is 7. The van der Waals surface area contributed by atoms with Crippen LogP contribution in [0.4, 0.5) is 0 Å². The van der Waals surface area contributed by atoms with Crippen LogP contribution in [0.3, 0.4) is 0 Å². The summed E-state index contributed by atoms with van der Waals surface area (Å²) < 4.78 is 17.0. The fraction of sp³-hybridized carbons (Fsp3) is 0.821. The summed E-state index contributed by atoms with van der Waals surface area (Å²) in [5.41, 5.74) is 0. The van der Waals surface area contributed by atoms with Gasteiger partial charge in [0.25, 0.3) is 0 Å². The van der Waals surface area contributed by atoms with Crippen LogP contribution < -0.4 is 5.11 Å². The number of carbonyl (C=O) groups excluding carboxylic acids is 3. The second-order valence-electron chi connectivity index (χ2n) is 13.8. The molecule has 8 heteroatoms. The Kier molecular flexibility index (Phi) is 29.7. The topological polar surface area (TPSA) is 102 Å². The van der Waals surface area contributed by atoms with Gasteiger partial charge in [-0.1, -0.05) is 102 Å². The third kappa shape index (κ3) is 29.7. The highest BCUT2D eigenvalue weighted by Crippen LogP contribution is 2.13. The van der Waals surface area contributed by atoms with E-state index in [0.29, 0.717) is 12.8 Å². The van der Waals surface area contributed by atoms with E-state index < -0.39 is 18.1 Å². The van der Waals surface area contributed by atoms with Crippen molar-refractivity contribution in [3.8, 4) is 0 Å². The van der Waals surface area contributed by atoms with E-state index in [1.807, 2.05) is 0 Å². The predicted molar refractivity (Wildman–Crippen MR) is 190 cm³/mol. The van der Waals surface area contributed by atoms with Gasteiger partial charge in [-0.2, -0.15) is 0 Å². The number of esters is 2. The molecule has 0 fully saturated rings. The molecule has 0 N–H and O–H groups in total. The van der Waals surface area contributed by atoms with Crippen LogP contribution in [0.5, 0.6) is 0 Å². The maximum absolute atomic E-state index is 12.6. The minimum atomic E-state index is -1.13. The largest absolute Gasteiger partial charge is 0.544 e. The molecule has 0 aromatic carbocycles. The van der Waals surface area contributed by atoms with Gasteiger partial charge in [0.05, 0.1) is 40.3 Å². The summed E-state index contributed by atoms with van der Waals surface area (Å²) in [5.74, 6) is -1.76. The van der Waals surface area contributed by atoms with Crippen LogP contribution in [0.25, 0.3) is 0 Å². The van der Waals surface area contributed by atoms with Gasteiger partial charge >= 0.3 is 11.9 Å². The van der Waals surface area contributed by atoms with Crippen molar-refractivity contribution >= 4 is 17.9 Å². The lowest BCUT2D eigenvalue weighted by Crippen LogP contribution is -2.55.